The lowest BCUT2D eigenvalue weighted by Crippen LogP contribution is -2.37. The SMILES string of the molecule is COc1ccc(-c2nnc(SCC(=O)NCC(C)(C)c3cccc(C(F)(F)F)c3)o2)cc1. The highest BCUT2D eigenvalue weighted by molar-refractivity contribution is 7.99. The van der Waals surface area contributed by atoms with Gasteiger partial charge in [-0.25, -0.2) is 0 Å². The molecular formula is C22H22F3N3O3S. The maximum absolute atomic E-state index is 13.0. The van der Waals surface area contributed by atoms with Crippen LogP contribution in [0.15, 0.2) is 58.2 Å². The van der Waals surface area contributed by atoms with E-state index in [1.54, 1.807) is 51.3 Å². The van der Waals surface area contributed by atoms with E-state index in [0.717, 1.165) is 29.5 Å². The smallest absolute Gasteiger partial charge is 0.416 e. The molecule has 0 radical (unpaired) electrons. The standard InChI is InChI=1S/C22H22F3N3O3S/c1-21(2,15-5-4-6-16(11-15)22(23,24)25)13-26-18(29)12-32-20-28-27-19(31-20)14-7-9-17(30-3)10-8-14/h4-11H,12-13H2,1-3H3,(H,26,29). The van der Waals surface area contributed by atoms with Gasteiger partial charge >= 0.3 is 6.18 Å². The molecule has 0 saturated carbocycles. The molecule has 0 spiro atoms. The topological polar surface area (TPSA) is 77.2 Å². The summed E-state index contributed by atoms with van der Waals surface area (Å²) in [6.07, 6.45) is -4.42. The van der Waals surface area contributed by atoms with Crippen molar-refractivity contribution in [2.24, 2.45) is 0 Å². The van der Waals surface area contributed by atoms with Crippen LogP contribution in [0, 0.1) is 0 Å². The van der Waals surface area contributed by atoms with Gasteiger partial charge in [0.1, 0.15) is 5.75 Å². The normalized spacial score (nSPS) is 11.9. The molecule has 32 heavy (non-hydrogen) atoms. The van der Waals surface area contributed by atoms with Crippen molar-refractivity contribution < 1.29 is 27.1 Å². The van der Waals surface area contributed by atoms with Gasteiger partial charge in [-0.15, -0.1) is 10.2 Å². The Bertz CT molecular complexity index is 1070. The predicted octanol–water partition coefficient (Wildman–Crippen LogP) is 4.95. The molecule has 0 unspecified atom stereocenters. The maximum atomic E-state index is 13.0. The molecule has 0 atom stereocenters. The summed E-state index contributed by atoms with van der Waals surface area (Å²) in [4.78, 5) is 12.3. The van der Waals surface area contributed by atoms with E-state index >= 15 is 0 Å². The van der Waals surface area contributed by atoms with Crippen LogP contribution < -0.4 is 10.1 Å². The minimum atomic E-state index is -4.42. The summed E-state index contributed by atoms with van der Waals surface area (Å²) in [7, 11) is 1.57. The van der Waals surface area contributed by atoms with Crippen molar-refractivity contribution >= 4 is 17.7 Å². The molecular weight excluding hydrogens is 443 g/mol. The van der Waals surface area contributed by atoms with Crippen molar-refractivity contribution in [1.29, 1.82) is 0 Å². The van der Waals surface area contributed by atoms with Gasteiger partial charge in [-0.1, -0.05) is 43.8 Å². The van der Waals surface area contributed by atoms with Gasteiger partial charge in [0.05, 0.1) is 18.4 Å². The highest BCUT2D eigenvalue weighted by Crippen LogP contribution is 2.32. The number of carbonyl (C=O) groups is 1. The number of alkyl halides is 3. The Hall–Kier alpha value is -3.01. The molecule has 10 heteroatoms. The van der Waals surface area contributed by atoms with E-state index in [1.807, 2.05) is 0 Å². The van der Waals surface area contributed by atoms with Gasteiger partial charge in [-0.05, 0) is 35.9 Å². The molecule has 2 aromatic carbocycles. The lowest BCUT2D eigenvalue weighted by Gasteiger charge is -2.26. The molecule has 1 heterocycles. The van der Waals surface area contributed by atoms with E-state index in [1.165, 1.54) is 6.07 Å². The minimum Gasteiger partial charge on any atom is -0.497 e. The summed E-state index contributed by atoms with van der Waals surface area (Å²) in [5, 5.41) is 10.9. The Morgan fingerprint density at radius 2 is 1.78 bits per heavy atom. The Balaban J connectivity index is 1.53. The maximum Gasteiger partial charge on any atom is 0.416 e. The van der Waals surface area contributed by atoms with Crippen molar-refractivity contribution in [1.82, 2.24) is 15.5 Å². The first kappa shape index (κ1) is 23.6. The van der Waals surface area contributed by atoms with Gasteiger partial charge in [0.2, 0.25) is 11.8 Å². The Labute approximate surface area is 187 Å². The van der Waals surface area contributed by atoms with Gasteiger partial charge in [-0.3, -0.25) is 4.79 Å². The van der Waals surface area contributed by atoms with Crippen LogP contribution in [0.25, 0.3) is 11.5 Å². The zero-order chi connectivity index (χ0) is 23.4. The summed E-state index contributed by atoms with van der Waals surface area (Å²) < 4.78 is 49.6. The lowest BCUT2D eigenvalue weighted by atomic mass is 9.83. The predicted molar refractivity (Wildman–Crippen MR) is 114 cm³/mol. The van der Waals surface area contributed by atoms with Gasteiger partial charge in [-0.2, -0.15) is 13.2 Å². The van der Waals surface area contributed by atoms with E-state index < -0.39 is 17.2 Å². The van der Waals surface area contributed by atoms with Gasteiger partial charge in [0.25, 0.3) is 5.22 Å². The van der Waals surface area contributed by atoms with Crippen molar-refractivity contribution in [3.8, 4) is 17.2 Å². The quantitative estimate of drug-likeness (QED) is 0.475. The molecule has 0 aliphatic rings. The number of thioether (sulfide) groups is 1. The molecule has 1 amide bonds. The second-order valence-electron chi connectivity index (χ2n) is 7.63. The number of nitrogens with zero attached hydrogens (tertiary/aromatic N) is 2. The third-order valence-electron chi connectivity index (χ3n) is 4.77. The van der Waals surface area contributed by atoms with Gasteiger partial charge in [0.15, 0.2) is 0 Å². The number of rotatable bonds is 8. The highest BCUT2D eigenvalue weighted by atomic mass is 32.2. The first-order valence-corrected chi connectivity index (χ1v) is 10.6. The van der Waals surface area contributed by atoms with Crippen LogP contribution in [-0.2, 0) is 16.4 Å². The van der Waals surface area contributed by atoms with E-state index in [9.17, 15) is 18.0 Å². The Morgan fingerprint density at radius 1 is 1.09 bits per heavy atom. The molecule has 0 bridgehead atoms. The molecule has 0 saturated heterocycles. The molecule has 1 aromatic heterocycles. The van der Waals surface area contributed by atoms with Crippen molar-refractivity contribution in [3.05, 3.63) is 59.7 Å². The fourth-order valence-electron chi connectivity index (χ4n) is 2.83. The monoisotopic (exact) mass is 465 g/mol. The van der Waals surface area contributed by atoms with E-state index in [2.05, 4.69) is 15.5 Å². The number of benzene rings is 2. The number of carbonyl (C=O) groups excluding carboxylic acids is 1. The summed E-state index contributed by atoms with van der Waals surface area (Å²) in [5.74, 6) is 0.760. The third kappa shape index (κ3) is 6.03. The van der Waals surface area contributed by atoms with Crippen LogP contribution in [0.2, 0.25) is 0 Å². The fourth-order valence-corrected chi connectivity index (χ4v) is 3.43. The number of hydrogen-bond donors (Lipinski definition) is 1. The minimum absolute atomic E-state index is 0.0307. The Kier molecular flexibility index (Phi) is 7.12. The van der Waals surface area contributed by atoms with Crippen LogP contribution >= 0.6 is 11.8 Å². The van der Waals surface area contributed by atoms with Crippen molar-refractivity contribution in [3.63, 3.8) is 0 Å². The molecule has 0 aliphatic carbocycles. The third-order valence-corrected chi connectivity index (χ3v) is 5.59. The number of aromatic nitrogens is 2. The number of ether oxygens (including phenoxy) is 1. The number of halogens is 3. The van der Waals surface area contributed by atoms with Crippen molar-refractivity contribution in [2.75, 3.05) is 19.4 Å². The first-order valence-electron chi connectivity index (χ1n) is 9.64. The van der Waals surface area contributed by atoms with Crippen LogP contribution in [-0.4, -0.2) is 35.5 Å². The van der Waals surface area contributed by atoms with E-state index in [-0.39, 0.29) is 23.4 Å². The van der Waals surface area contributed by atoms with Crippen LogP contribution in [0.3, 0.4) is 0 Å². The zero-order valence-electron chi connectivity index (χ0n) is 17.7. The molecule has 3 aromatic rings. The van der Waals surface area contributed by atoms with Crippen LogP contribution in [0.4, 0.5) is 13.2 Å². The molecule has 0 fully saturated rings. The number of nitrogens with one attached hydrogen (secondary N) is 1. The molecule has 3 rings (SSSR count). The summed E-state index contributed by atoms with van der Waals surface area (Å²) >= 11 is 1.08. The summed E-state index contributed by atoms with van der Waals surface area (Å²) in [5.41, 5.74) is -0.194. The van der Waals surface area contributed by atoms with Crippen LogP contribution in [0.1, 0.15) is 25.0 Å². The fraction of sp³-hybridized carbons (Fsp3) is 0.318. The highest BCUT2D eigenvalue weighted by Gasteiger charge is 2.32. The lowest BCUT2D eigenvalue weighted by molar-refractivity contribution is -0.137. The van der Waals surface area contributed by atoms with Crippen molar-refractivity contribution in [2.45, 2.75) is 30.7 Å². The molecule has 170 valence electrons. The number of amides is 1. The number of methoxy groups -OCH3 is 1. The van der Waals surface area contributed by atoms with E-state index in [4.69, 9.17) is 9.15 Å². The van der Waals surface area contributed by atoms with E-state index in [0.29, 0.717) is 17.2 Å². The second kappa shape index (κ2) is 9.64. The summed E-state index contributed by atoms with van der Waals surface area (Å²) in [6, 6.07) is 12.2. The average molecular weight is 465 g/mol. The molecule has 1 N–H and O–H groups in total. The number of hydrogen-bond acceptors (Lipinski definition) is 6. The first-order chi connectivity index (χ1) is 15.1. The zero-order valence-corrected chi connectivity index (χ0v) is 18.5. The Morgan fingerprint density at radius 3 is 2.44 bits per heavy atom. The second-order valence-corrected chi connectivity index (χ2v) is 8.56. The average Bonchev–Trinajstić information content (AvgIpc) is 3.25. The molecule has 6 nitrogen and oxygen atoms in total. The van der Waals surface area contributed by atoms with Gasteiger partial charge in [0, 0.05) is 17.5 Å². The largest absolute Gasteiger partial charge is 0.497 e. The summed E-state index contributed by atoms with van der Waals surface area (Å²) in [6.45, 7) is 3.72. The van der Waals surface area contributed by atoms with Gasteiger partial charge < -0.3 is 14.5 Å². The van der Waals surface area contributed by atoms with Crippen LogP contribution in [0.5, 0.6) is 5.75 Å². The molecule has 0 aliphatic heterocycles.